The Labute approximate surface area is 137 Å². The Morgan fingerprint density at radius 3 is 2.70 bits per heavy atom. The Kier molecular flexibility index (Phi) is 5.65. The third-order valence-corrected chi connectivity index (χ3v) is 4.80. The third-order valence-electron chi connectivity index (χ3n) is 4.80. The number of benzene rings is 1. The molecule has 1 amide bonds. The van der Waals surface area contributed by atoms with Crippen LogP contribution in [-0.4, -0.2) is 66.8 Å². The van der Waals surface area contributed by atoms with Gasteiger partial charge in [-0.25, -0.2) is 0 Å². The van der Waals surface area contributed by atoms with E-state index in [1.165, 1.54) is 0 Å². The lowest BCUT2D eigenvalue weighted by molar-refractivity contribution is -0.142. The first-order chi connectivity index (χ1) is 11.2. The van der Waals surface area contributed by atoms with Gasteiger partial charge in [-0.2, -0.15) is 0 Å². The largest absolute Gasteiger partial charge is 0.379 e. The van der Waals surface area contributed by atoms with Crippen LogP contribution in [-0.2, 0) is 9.53 Å². The van der Waals surface area contributed by atoms with Gasteiger partial charge in [-0.15, -0.1) is 0 Å². The van der Waals surface area contributed by atoms with Crippen molar-refractivity contribution in [3.8, 4) is 0 Å². The van der Waals surface area contributed by atoms with Crippen LogP contribution < -0.4 is 0 Å². The lowest BCUT2D eigenvalue weighted by Gasteiger charge is -2.37. The van der Waals surface area contributed by atoms with E-state index in [1.807, 2.05) is 23.1 Å². The zero-order chi connectivity index (χ0) is 16.1. The Morgan fingerprint density at radius 1 is 1.22 bits per heavy atom. The summed E-state index contributed by atoms with van der Waals surface area (Å²) in [4.78, 5) is 16.8. The van der Waals surface area contributed by atoms with Gasteiger partial charge in [0.1, 0.15) is 0 Å². The van der Waals surface area contributed by atoms with Crippen molar-refractivity contribution in [1.29, 1.82) is 0 Å². The number of piperidine rings is 1. The molecule has 5 heteroatoms. The van der Waals surface area contributed by atoms with Gasteiger partial charge in [0.25, 0.3) is 5.91 Å². The molecule has 23 heavy (non-hydrogen) atoms. The normalized spacial score (nSPS) is 24.4. The van der Waals surface area contributed by atoms with Crippen molar-refractivity contribution in [2.75, 3.05) is 45.9 Å². The van der Waals surface area contributed by atoms with E-state index in [0.29, 0.717) is 11.5 Å². The van der Waals surface area contributed by atoms with Crippen LogP contribution in [0.1, 0.15) is 24.5 Å². The number of nitrogens with zero attached hydrogens (tertiary/aromatic N) is 2. The molecule has 5 nitrogen and oxygen atoms in total. The summed E-state index contributed by atoms with van der Waals surface area (Å²) < 4.78 is 5.39. The van der Waals surface area contributed by atoms with Crippen LogP contribution >= 0.6 is 0 Å². The average Bonchev–Trinajstić information content (AvgIpc) is 2.62. The Bertz CT molecular complexity index is 502. The molecule has 2 saturated heterocycles. The summed E-state index contributed by atoms with van der Waals surface area (Å²) >= 11 is 0. The molecule has 1 aromatic carbocycles. The number of hydrogen-bond acceptors (Lipinski definition) is 4. The third kappa shape index (κ3) is 4.31. The van der Waals surface area contributed by atoms with E-state index >= 15 is 0 Å². The predicted octanol–water partition coefficient (Wildman–Crippen LogP) is 1.29. The van der Waals surface area contributed by atoms with Gasteiger partial charge in [0.05, 0.1) is 13.2 Å². The summed E-state index contributed by atoms with van der Waals surface area (Å²) in [5.41, 5.74) is 0.674. The minimum absolute atomic E-state index is 0.164. The van der Waals surface area contributed by atoms with Crippen molar-refractivity contribution < 1.29 is 14.6 Å². The second-order valence-corrected chi connectivity index (χ2v) is 6.52. The molecule has 2 aliphatic heterocycles. The van der Waals surface area contributed by atoms with Gasteiger partial charge in [0.2, 0.25) is 0 Å². The molecule has 126 valence electrons. The maximum atomic E-state index is 12.6. The number of ether oxygens (including phenoxy) is 1. The standard InChI is InChI=1S/C18H26N2O3/c21-17(16-6-2-1-3-7-16)18(22)20-8-4-5-15(14-20)13-19-9-11-23-12-10-19/h1-3,6-7,15,17,21H,4-5,8-14H2. The van der Waals surface area contributed by atoms with Gasteiger partial charge in [-0.05, 0) is 24.3 Å². The van der Waals surface area contributed by atoms with Crippen molar-refractivity contribution in [3.05, 3.63) is 35.9 Å². The van der Waals surface area contributed by atoms with E-state index < -0.39 is 6.10 Å². The molecule has 0 spiro atoms. The monoisotopic (exact) mass is 318 g/mol. The molecule has 2 unspecified atom stereocenters. The highest BCUT2D eigenvalue weighted by molar-refractivity contribution is 5.82. The summed E-state index contributed by atoms with van der Waals surface area (Å²) in [7, 11) is 0. The Morgan fingerprint density at radius 2 is 1.96 bits per heavy atom. The Hall–Kier alpha value is -1.43. The highest BCUT2D eigenvalue weighted by atomic mass is 16.5. The molecule has 2 fully saturated rings. The van der Waals surface area contributed by atoms with Crippen LogP contribution in [0, 0.1) is 5.92 Å². The summed E-state index contributed by atoms with van der Waals surface area (Å²) in [6, 6.07) is 9.20. The number of hydrogen-bond donors (Lipinski definition) is 1. The van der Waals surface area contributed by atoms with Crippen molar-refractivity contribution in [1.82, 2.24) is 9.80 Å². The van der Waals surface area contributed by atoms with E-state index in [-0.39, 0.29) is 5.91 Å². The molecule has 3 rings (SSSR count). The highest BCUT2D eigenvalue weighted by Gasteiger charge is 2.29. The maximum Gasteiger partial charge on any atom is 0.256 e. The fraction of sp³-hybridized carbons (Fsp3) is 0.611. The topological polar surface area (TPSA) is 53.0 Å². The molecule has 0 radical (unpaired) electrons. The average molecular weight is 318 g/mol. The fourth-order valence-electron chi connectivity index (χ4n) is 3.51. The number of likely N-dealkylation sites (tertiary alicyclic amines) is 1. The van der Waals surface area contributed by atoms with Crippen LogP contribution in [0.15, 0.2) is 30.3 Å². The summed E-state index contributed by atoms with van der Waals surface area (Å²) in [5.74, 6) is 0.330. The number of amides is 1. The minimum Gasteiger partial charge on any atom is -0.379 e. The van der Waals surface area contributed by atoms with Crippen LogP contribution in [0.5, 0.6) is 0 Å². The molecule has 2 aliphatic rings. The summed E-state index contributed by atoms with van der Waals surface area (Å²) in [6.45, 7) is 6.11. The van der Waals surface area contributed by atoms with E-state index in [2.05, 4.69) is 4.90 Å². The van der Waals surface area contributed by atoms with Gasteiger partial charge in [0.15, 0.2) is 6.10 Å². The van der Waals surface area contributed by atoms with Gasteiger partial charge in [0, 0.05) is 32.7 Å². The molecule has 1 N–H and O–H groups in total. The quantitative estimate of drug-likeness (QED) is 0.909. The SMILES string of the molecule is O=C(C(O)c1ccccc1)N1CCCC(CN2CCOCC2)C1. The molecule has 0 bridgehead atoms. The first-order valence-electron chi connectivity index (χ1n) is 8.56. The maximum absolute atomic E-state index is 12.6. The second kappa shape index (κ2) is 7.90. The number of carbonyl (C=O) groups is 1. The number of rotatable bonds is 4. The van der Waals surface area contributed by atoms with Gasteiger partial charge >= 0.3 is 0 Å². The molecule has 2 heterocycles. The molecular formula is C18H26N2O3. The van der Waals surface area contributed by atoms with Crippen LogP contribution in [0.3, 0.4) is 0 Å². The summed E-state index contributed by atoms with van der Waals surface area (Å²) in [6.07, 6.45) is 1.13. The van der Waals surface area contributed by atoms with Crippen molar-refractivity contribution >= 4 is 5.91 Å². The molecule has 0 aliphatic carbocycles. The predicted molar refractivity (Wildman–Crippen MR) is 88.0 cm³/mol. The molecule has 0 aromatic heterocycles. The zero-order valence-electron chi connectivity index (χ0n) is 13.6. The van der Waals surface area contributed by atoms with Gasteiger partial charge in [-0.1, -0.05) is 30.3 Å². The molecule has 2 atom stereocenters. The number of carbonyl (C=O) groups excluding carboxylic acids is 1. The second-order valence-electron chi connectivity index (χ2n) is 6.52. The van der Waals surface area contributed by atoms with Crippen molar-refractivity contribution in [2.45, 2.75) is 18.9 Å². The lowest BCUT2D eigenvalue weighted by Crippen LogP contribution is -2.47. The highest BCUT2D eigenvalue weighted by Crippen LogP contribution is 2.22. The van der Waals surface area contributed by atoms with Crippen molar-refractivity contribution in [3.63, 3.8) is 0 Å². The van der Waals surface area contributed by atoms with Crippen molar-refractivity contribution in [2.24, 2.45) is 5.92 Å². The number of aliphatic hydroxyl groups is 1. The first-order valence-corrected chi connectivity index (χ1v) is 8.56. The molecule has 1 aromatic rings. The van der Waals surface area contributed by atoms with E-state index in [1.54, 1.807) is 12.1 Å². The van der Waals surface area contributed by atoms with Gasteiger partial charge < -0.3 is 14.7 Å². The van der Waals surface area contributed by atoms with Crippen LogP contribution in [0.2, 0.25) is 0 Å². The lowest BCUT2D eigenvalue weighted by atomic mass is 9.96. The van der Waals surface area contributed by atoms with E-state index in [9.17, 15) is 9.90 Å². The summed E-state index contributed by atoms with van der Waals surface area (Å²) in [5, 5.41) is 10.3. The first kappa shape index (κ1) is 16.4. The number of morpholine rings is 1. The minimum atomic E-state index is -1.04. The van der Waals surface area contributed by atoms with Crippen LogP contribution in [0.25, 0.3) is 0 Å². The molecule has 0 saturated carbocycles. The van der Waals surface area contributed by atoms with Crippen LogP contribution in [0.4, 0.5) is 0 Å². The smallest absolute Gasteiger partial charge is 0.256 e. The van der Waals surface area contributed by atoms with Gasteiger partial charge in [-0.3, -0.25) is 9.69 Å². The fourth-order valence-corrected chi connectivity index (χ4v) is 3.51. The van der Waals surface area contributed by atoms with E-state index in [4.69, 9.17) is 4.74 Å². The zero-order valence-corrected chi connectivity index (χ0v) is 13.6. The molecular weight excluding hydrogens is 292 g/mol. The Balaban J connectivity index is 1.56. The van der Waals surface area contributed by atoms with E-state index in [0.717, 1.165) is 58.8 Å². The number of aliphatic hydroxyl groups excluding tert-OH is 1.